The lowest BCUT2D eigenvalue weighted by atomic mass is 9.90. The van der Waals surface area contributed by atoms with Crippen molar-refractivity contribution in [1.29, 1.82) is 0 Å². The molecule has 0 aromatic carbocycles. The lowest BCUT2D eigenvalue weighted by Gasteiger charge is -2.33. The van der Waals surface area contributed by atoms with Crippen LogP contribution >= 0.6 is 0 Å². The van der Waals surface area contributed by atoms with Crippen LogP contribution in [0.5, 0.6) is 0 Å². The minimum absolute atomic E-state index is 0.129. The smallest absolute Gasteiger partial charge is 0.407 e. The summed E-state index contributed by atoms with van der Waals surface area (Å²) in [6, 6.07) is -1.84. The zero-order valence-corrected chi connectivity index (χ0v) is 8.00. The van der Waals surface area contributed by atoms with E-state index < -0.39 is 24.2 Å². The van der Waals surface area contributed by atoms with Crippen molar-refractivity contribution >= 4 is 6.09 Å². The molecule has 0 aliphatic carbocycles. The zero-order chi connectivity index (χ0) is 11.6. The molecule has 1 aliphatic heterocycles. The van der Waals surface area contributed by atoms with E-state index in [1.165, 1.54) is 0 Å². The minimum Gasteiger partial charge on any atom is -0.465 e. The molecular weight excluding hydrogens is 213 g/mol. The van der Waals surface area contributed by atoms with Crippen LogP contribution in [0, 0.1) is 5.92 Å². The van der Waals surface area contributed by atoms with E-state index in [9.17, 15) is 18.0 Å². The lowest BCUT2D eigenvalue weighted by molar-refractivity contribution is -0.161. The molecule has 15 heavy (non-hydrogen) atoms. The van der Waals surface area contributed by atoms with Crippen molar-refractivity contribution in [2.45, 2.75) is 25.1 Å². The van der Waals surface area contributed by atoms with Crippen molar-refractivity contribution in [3.05, 3.63) is 0 Å². The van der Waals surface area contributed by atoms with Gasteiger partial charge in [0, 0.05) is 13.1 Å². The van der Waals surface area contributed by atoms with Gasteiger partial charge in [0.1, 0.15) is 6.04 Å². The first kappa shape index (κ1) is 12.1. The van der Waals surface area contributed by atoms with Crippen molar-refractivity contribution in [2.75, 3.05) is 13.1 Å². The average Bonchev–Trinajstić information content (AvgIpc) is 2.15. The van der Waals surface area contributed by atoms with Crippen LogP contribution in [0.3, 0.4) is 0 Å². The van der Waals surface area contributed by atoms with Crippen LogP contribution in [-0.2, 0) is 0 Å². The van der Waals surface area contributed by atoms with Crippen molar-refractivity contribution in [3.63, 3.8) is 0 Å². The Morgan fingerprint density at radius 2 is 1.87 bits per heavy atom. The van der Waals surface area contributed by atoms with Crippen molar-refractivity contribution in [2.24, 2.45) is 11.7 Å². The number of piperidine rings is 1. The Balaban J connectivity index is 2.47. The van der Waals surface area contributed by atoms with Crippen LogP contribution in [0.1, 0.15) is 12.8 Å². The highest BCUT2D eigenvalue weighted by atomic mass is 19.4. The van der Waals surface area contributed by atoms with Gasteiger partial charge in [0.15, 0.2) is 0 Å². The number of likely N-dealkylation sites (tertiary alicyclic amines) is 1. The lowest BCUT2D eigenvalue weighted by Crippen LogP contribution is -2.49. The summed E-state index contributed by atoms with van der Waals surface area (Å²) < 4.78 is 36.7. The first-order chi connectivity index (χ1) is 6.82. The van der Waals surface area contributed by atoms with Crippen LogP contribution in [0.25, 0.3) is 0 Å². The standard InChI is InChI=1S/C8H13F3N2O2/c9-8(10,11)6(12)5-1-3-13(4-2-5)7(14)15/h5-6H,1-4,12H2,(H,14,15)/t6-/m0/s1. The summed E-state index contributed by atoms with van der Waals surface area (Å²) >= 11 is 0. The van der Waals surface area contributed by atoms with E-state index in [1.54, 1.807) is 0 Å². The summed E-state index contributed by atoms with van der Waals surface area (Å²) in [7, 11) is 0. The van der Waals surface area contributed by atoms with Crippen molar-refractivity contribution in [1.82, 2.24) is 4.90 Å². The Kier molecular flexibility index (Phi) is 3.43. The molecule has 0 bridgehead atoms. The number of nitrogens with zero attached hydrogens (tertiary/aromatic N) is 1. The number of hydrogen-bond acceptors (Lipinski definition) is 2. The molecule has 7 heteroatoms. The second-order valence-electron chi connectivity index (χ2n) is 3.67. The summed E-state index contributed by atoms with van der Waals surface area (Å²) in [5.74, 6) is -0.666. The molecule has 3 N–H and O–H groups in total. The molecule has 0 spiro atoms. The van der Waals surface area contributed by atoms with Gasteiger partial charge in [-0.15, -0.1) is 0 Å². The highest BCUT2D eigenvalue weighted by Gasteiger charge is 2.43. The number of nitrogens with two attached hydrogens (primary N) is 1. The van der Waals surface area contributed by atoms with Crippen LogP contribution in [0.2, 0.25) is 0 Å². The largest absolute Gasteiger partial charge is 0.465 e. The van der Waals surface area contributed by atoms with Gasteiger partial charge >= 0.3 is 12.3 Å². The van der Waals surface area contributed by atoms with Gasteiger partial charge < -0.3 is 15.7 Å². The minimum atomic E-state index is -4.39. The van der Waals surface area contributed by atoms with Gasteiger partial charge in [-0.1, -0.05) is 0 Å². The van der Waals surface area contributed by atoms with Gasteiger partial charge in [-0.25, -0.2) is 4.79 Å². The molecule has 0 aromatic rings. The molecule has 4 nitrogen and oxygen atoms in total. The predicted molar refractivity (Wildman–Crippen MR) is 46.4 cm³/mol. The molecule has 1 saturated heterocycles. The maximum atomic E-state index is 12.2. The molecule has 88 valence electrons. The Bertz CT molecular complexity index is 237. The van der Waals surface area contributed by atoms with Crippen LogP contribution in [-0.4, -0.2) is 41.4 Å². The third-order valence-corrected chi connectivity index (χ3v) is 2.70. The van der Waals surface area contributed by atoms with Crippen LogP contribution in [0.15, 0.2) is 0 Å². The summed E-state index contributed by atoms with van der Waals surface area (Å²) in [5.41, 5.74) is 5.06. The predicted octanol–water partition coefficient (Wildman–Crippen LogP) is 1.27. The SMILES string of the molecule is N[C@@H](C1CCN(C(=O)O)CC1)C(F)(F)F. The molecule has 1 amide bonds. The number of carbonyl (C=O) groups is 1. The third kappa shape index (κ3) is 2.98. The van der Waals surface area contributed by atoms with E-state index in [0.29, 0.717) is 0 Å². The first-order valence-electron chi connectivity index (χ1n) is 4.62. The average molecular weight is 226 g/mol. The quantitative estimate of drug-likeness (QED) is 0.707. The molecule has 0 saturated carbocycles. The number of amides is 1. The molecule has 1 atom stereocenters. The number of alkyl halides is 3. The third-order valence-electron chi connectivity index (χ3n) is 2.70. The normalized spacial score (nSPS) is 21.5. The topological polar surface area (TPSA) is 66.6 Å². The fourth-order valence-electron chi connectivity index (χ4n) is 1.72. The van der Waals surface area contributed by atoms with E-state index in [4.69, 9.17) is 10.8 Å². The van der Waals surface area contributed by atoms with E-state index in [2.05, 4.69) is 0 Å². The summed E-state index contributed by atoms with van der Waals surface area (Å²) in [6.07, 6.45) is -5.13. The van der Waals surface area contributed by atoms with Crippen LogP contribution in [0.4, 0.5) is 18.0 Å². The summed E-state index contributed by atoms with van der Waals surface area (Å²) in [6.45, 7) is 0.257. The monoisotopic (exact) mass is 226 g/mol. The Morgan fingerprint density at radius 1 is 1.40 bits per heavy atom. The summed E-state index contributed by atoms with van der Waals surface area (Å²) in [5, 5.41) is 8.60. The van der Waals surface area contributed by atoms with E-state index in [1.807, 2.05) is 0 Å². The Morgan fingerprint density at radius 3 is 2.20 bits per heavy atom. The maximum absolute atomic E-state index is 12.2. The second kappa shape index (κ2) is 4.26. The van der Waals surface area contributed by atoms with Gasteiger partial charge in [0.05, 0.1) is 0 Å². The highest BCUT2D eigenvalue weighted by Crippen LogP contribution is 2.30. The molecular formula is C8H13F3N2O2. The Hall–Kier alpha value is -0.980. The molecule has 1 aliphatic rings. The fourth-order valence-corrected chi connectivity index (χ4v) is 1.72. The molecule has 0 aromatic heterocycles. The number of hydrogen-bond donors (Lipinski definition) is 2. The second-order valence-corrected chi connectivity index (χ2v) is 3.67. The highest BCUT2D eigenvalue weighted by molar-refractivity contribution is 5.64. The molecule has 0 radical (unpaired) electrons. The van der Waals surface area contributed by atoms with Gasteiger partial charge in [-0.05, 0) is 18.8 Å². The molecule has 1 heterocycles. The molecule has 0 unspecified atom stereocenters. The van der Waals surface area contributed by atoms with Crippen molar-refractivity contribution < 1.29 is 23.1 Å². The van der Waals surface area contributed by atoms with E-state index in [-0.39, 0.29) is 25.9 Å². The number of halogens is 3. The number of carboxylic acid groups (broad SMARTS) is 1. The van der Waals surface area contributed by atoms with Gasteiger partial charge in [-0.2, -0.15) is 13.2 Å². The van der Waals surface area contributed by atoms with Gasteiger partial charge in [-0.3, -0.25) is 0 Å². The maximum Gasteiger partial charge on any atom is 0.407 e. The first-order valence-corrected chi connectivity index (χ1v) is 4.62. The Labute approximate surface area is 84.8 Å². The van der Waals surface area contributed by atoms with E-state index in [0.717, 1.165) is 4.90 Å². The zero-order valence-electron chi connectivity index (χ0n) is 8.00. The van der Waals surface area contributed by atoms with Crippen molar-refractivity contribution in [3.8, 4) is 0 Å². The summed E-state index contributed by atoms with van der Waals surface area (Å²) in [4.78, 5) is 11.6. The number of rotatable bonds is 1. The molecule has 1 rings (SSSR count). The van der Waals surface area contributed by atoms with E-state index >= 15 is 0 Å². The van der Waals surface area contributed by atoms with Crippen LogP contribution < -0.4 is 5.73 Å². The van der Waals surface area contributed by atoms with Gasteiger partial charge in [0.25, 0.3) is 0 Å². The fraction of sp³-hybridized carbons (Fsp3) is 0.875. The van der Waals surface area contributed by atoms with Gasteiger partial charge in [0.2, 0.25) is 0 Å². The molecule has 1 fully saturated rings.